The van der Waals surface area contributed by atoms with E-state index in [4.69, 9.17) is 24.1 Å². The molecule has 0 heterocycles. The molecule has 0 aliphatic carbocycles. The first kappa shape index (κ1) is 22.2. The van der Waals surface area contributed by atoms with Gasteiger partial charge < -0.3 is 24.1 Å². The molecule has 3 rings (SSSR count). The fraction of sp³-hybridized carbons (Fsp3) is 0.240. The predicted molar refractivity (Wildman–Crippen MR) is 117 cm³/mol. The molecule has 0 aliphatic rings. The van der Waals surface area contributed by atoms with Crippen molar-refractivity contribution < 1.29 is 28.8 Å². The molecule has 6 nitrogen and oxygen atoms in total. The summed E-state index contributed by atoms with van der Waals surface area (Å²) >= 11 is 0. The number of aliphatic carboxylic acids is 1. The lowest BCUT2D eigenvalue weighted by Gasteiger charge is -2.12. The van der Waals surface area contributed by atoms with E-state index in [2.05, 4.69) is 0 Å². The molecule has 0 aliphatic heterocycles. The van der Waals surface area contributed by atoms with Crippen molar-refractivity contribution in [2.75, 3.05) is 20.3 Å². The Bertz CT molecular complexity index is 940. The fourth-order valence-corrected chi connectivity index (χ4v) is 2.92. The molecule has 0 bridgehead atoms. The lowest BCUT2D eigenvalue weighted by molar-refractivity contribution is -0.148. The van der Waals surface area contributed by atoms with Crippen molar-refractivity contribution in [2.45, 2.75) is 18.9 Å². The zero-order valence-electron chi connectivity index (χ0n) is 17.4. The molecule has 1 N–H and O–H groups in total. The van der Waals surface area contributed by atoms with Crippen LogP contribution in [-0.2, 0) is 16.0 Å². The van der Waals surface area contributed by atoms with Crippen molar-refractivity contribution >= 4 is 5.97 Å². The molecular weight excluding hydrogens is 396 g/mol. The molecule has 0 aromatic heterocycles. The number of carboxylic acid groups (broad SMARTS) is 1. The second-order valence-corrected chi connectivity index (χ2v) is 6.85. The summed E-state index contributed by atoms with van der Waals surface area (Å²) in [5.41, 5.74) is 0.848. The van der Waals surface area contributed by atoms with Gasteiger partial charge in [0.15, 0.2) is 6.10 Å². The Morgan fingerprint density at radius 2 is 1.42 bits per heavy atom. The van der Waals surface area contributed by atoms with Gasteiger partial charge in [-0.2, -0.15) is 0 Å². The first-order chi connectivity index (χ1) is 15.1. The van der Waals surface area contributed by atoms with Crippen LogP contribution in [0.3, 0.4) is 0 Å². The van der Waals surface area contributed by atoms with Crippen LogP contribution in [-0.4, -0.2) is 37.5 Å². The Balaban J connectivity index is 1.38. The van der Waals surface area contributed by atoms with Crippen LogP contribution in [0.2, 0.25) is 0 Å². The highest BCUT2D eigenvalue weighted by molar-refractivity contribution is 5.72. The summed E-state index contributed by atoms with van der Waals surface area (Å²) in [6.07, 6.45) is 0.131. The smallest absolute Gasteiger partial charge is 0.333 e. The number of benzene rings is 3. The summed E-state index contributed by atoms with van der Waals surface area (Å²) in [6.45, 7) is 1.01. The molecule has 0 amide bonds. The minimum absolute atomic E-state index is 0.288. The number of hydrogen-bond donors (Lipinski definition) is 1. The summed E-state index contributed by atoms with van der Waals surface area (Å²) < 4.78 is 22.3. The van der Waals surface area contributed by atoms with E-state index in [1.807, 2.05) is 78.9 Å². The fourth-order valence-electron chi connectivity index (χ4n) is 2.92. The number of rotatable bonds is 12. The number of carbonyl (C=O) groups is 1. The maximum absolute atomic E-state index is 11.1. The first-order valence-electron chi connectivity index (χ1n) is 10.1. The van der Waals surface area contributed by atoms with E-state index < -0.39 is 12.1 Å². The molecule has 3 aromatic rings. The van der Waals surface area contributed by atoms with E-state index in [9.17, 15) is 4.79 Å². The monoisotopic (exact) mass is 422 g/mol. The molecular formula is C25H26O6. The number of methoxy groups -OCH3 is 1. The van der Waals surface area contributed by atoms with Gasteiger partial charge in [0.25, 0.3) is 0 Å². The van der Waals surface area contributed by atoms with Gasteiger partial charge >= 0.3 is 5.97 Å². The predicted octanol–water partition coefficient (Wildman–Crippen LogP) is 4.97. The largest absolute Gasteiger partial charge is 0.493 e. The quantitative estimate of drug-likeness (QED) is 0.416. The maximum Gasteiger partial charge on any atom is 0.333 e. The molecule has 0 saturated heterocycles. The number of para-hydroxylation sites is 1. The van der Waals surface area contributed by atoms with Gasteiger partial charge in [-0.25, -0.2) is 4.79 Å². The van der Waals surface area contributed by atoms with Crippen LogP contribution in [0.1, 0.15) is 12.0 Å². The standard InChI is InChI=1S/C25H26O6/c1-28-24(25(26)27)18-19-7-5-10-23(17-19)30-16-6-15-29-20-11-13-22(14-12-20)31-21-8-3-2-4-9-21/h2-5,7-14,17,24H,6,15-16,18H2,1H3,(H,26,27). The third-order valence-corrected chi connectivity index (χ3v) is 4.51. The molecule has 6 heteroatoms. The lowest BCUT2D eigenvalue weighted by atomic mass is 10.1. The van der Waals surface area contributed by atoms with Crippen LogP contribution in [0.15, 0.2) is 78.9 Å². The summed E-state index contributed by atoms with van der Waals surface area (Å²) in [6, 6.07) is 24.5. The summed E-state index contributed by atoms with van der Waals surface area (Å²) in [7, 11) is 1.39. The van der Waals surface area contributed by atoms with Crippen LogP contribution in [0.4, 0.5) is 0 Å². The van der Waals surface area contributed by atoms with Crippen molar-refractivity contribution in [2.24, 2.45) is 0 Å². The molecule has 0 spiro atoms. The van der Waals surface area contributed by atoms with Crippen molar-refractivity contribution in [1.82, 2.24) is 0 Å². The van der Waals surface area contributed by atoms with Gasteiger partial charge in [0.1, 0.15) is 23.0 Å². The lowest BCUT2D eigenvalue weighted by Crippen LogP contribution is -2.24. The van der Waals surface area contributed by atoms with Gasteiger partial charge in [-0.05, 0) is 54.1 Å². The molecule has 1 atom stereocenters. The highest BCUT2D eigenvalue weighted by atomic mass is 16.5. The number of hydrogen-bond acceptors (Lipinski definition) is 5. The van der Waals surface area contributed by atoms with Crippen LogP contribution in [0.5, 0.6) is 23.0 Å². The van der Waals surface area contributed by atoms with Gasteiger partial charge in [0.2, 0.25) is 0 Å². The summed E-state index contributed by atoms with van der Waals surface area (Å²) in [4.78, 5) is 11.1. The SMILES string of the molecule is COC(Cc1cccc(OCCCOc2ccc(Oc3ccccc3)cc2)c1)C(=O)O. The van der Waals surface area contributed by atoms with E-state index in [1.54, 1.807) is 0 Å². The second kappa shape index (κ2) is 11.6. The Morgan fingerprint density at radius 3 is 2.10 bits per heavy atom. The van der Waals surface area contributed by atoms with E-state index >= 15 is 0 Å². The average Bonchev–Trinajstić information content (AvgIpc) is 2.79. The van der Waals surface area contributed by atoms with Gasteiger partial charge in [-0.1, -0.05) is 30.3 Å². The summed E-state index contributed by atoms with van der Waals surface area (Å²) in [5, 5.41) is 9.10. The molecule has 3 aromatic carbocycles. The van der Waals surface area contributed by atoms with Crippen molar-refractivity contribution in [3.8, 4) is 23.0 Å². The molecule has 31 heavy (non-hydrogen) atoms. The minimum Gasteiger partial charge on any atom is -0.493 e. The van der Waals surface area contributed by atoms with Gasteiger partial charge in [-0.3, -0.25) is 0 Å². The topological polar surface area (TPSA) is 74.2 Å². The zero-order chi connectivity index (χ0) is 21.9. The normalized spacial score (nSPS) is 11.5. The Hall–Kier alpha value is -3.51. The van der Waals surface area contributed by atoms with Crippen molar-refractivity contribution in [1.29, 1.82) is 0 Å². The van der Waals surface area contributed by atoms with E-state index in [1.165, 1.54) is 7.11 Å². The van der Waals surface area contributed by atoms with Crippen molar-refractivity contribution in [3.05, 3.63) is 84.4 Å². The van der Waals surface area contributed by atoms with Gasteiger partial charge in [0.05, 0.1) is 13.2 Å². The summed E-state index contributed by atoms with van der Waals surface area (Å²) in [5.74, 6) is 2.02. The average molecular weight is 422 g/mol. The second-order valence-electron chi connectivity index (χ2n) is 6.85. The van der Waals surface area contributed by atoms with E-state index in [-0.39, 0.29) is 6.42 Å². The van der Waals surface area contributed by atoms with E-state index in [0.717, 1.165) is 22.8 Å². The molecule has 162 valence electrons. The Morgan fingerprint density at radius 1 is 0.806 bits per heavy atom. The highest BCUT2D eigenvalue weighted by Crippen LogP contribution is 2.23. The Labute approximate surface area is 182 Å². The van der Waals surface area contributed by atoms with Gasteiger partial charge in [0, 0.05) is 20.0 Å². The van der Waals surface area contributed by atoms with Gasteiger partial charge in [-0.15, -0.1) is 0 Å². The third-order valence-electron chi connectivity index (χ3n) is 4.51. The van der Waals surface area contributed by atoms with Crippen LogP contribution in [0, 0.1) is 0 Å². The minimum atomic E-state index is -0.981. The first-order valence-corrected chi connectivity index (χ1v) is 10.1. The molecule has 0 fully saturated rings. The maximum atomic E-state index is 11.1. The third kappa shape index (κ3) is 7.35. The van der Waals surface area contributed by atoms with Crippen LogP contribution >= 0.6 is 0 Å². The van der Waals surface area contributed by atoms with Crippen molar-refractivity contribution in [3.63, 3.8) is 0 Å². The number of ether oxygens (including phenoxy) is 4. The van der Waals surface area contributed by atoms with E-state index in [0.29, 0.717) is 25.4 Å². The molecule has 0 radical (unpaired) electrons. The molecule has 0 saturated carbocycles. The van der Waals surface area contributed by atoms with Crippen LogP contribution in [0.25, 0.3) is 0 Å². The van der Waals surface area contributed by atoms with Crippen LogP contribution < -0.4 is 14.2 Å². The molecule has 1 unspecified atom stereocenters. The highest BCUT2D eigenvalue weighted by Gasteiger charge is 2.16. The zero-order valence-corrected chi connectivity index (χ0v) is 17.4. The number of carboxylic acids is 1. The Kier molecular flexibility index (Phi) is 8.31.